The van der Waals surface area contributed by atoms with Gasteiger partial charge in [0.25, 0.3) is 5.91 Å². The lowest BCUT2D eigenvalue weighted by molar-refractivity contribution is -0.135. The molecule has 1 saturated heterocycles. The molecule has 4 aromatic rings. The minimum Gasteiger partial charge on any atom is -0.497 e. The van der Waals surface area contributed by atoms with Gasteiger partial charge in [0, 0.05) is 48.6 Å². The number of hydrogen-bond donors (Lipinski definition) is 7. The maximum atomic E-state index is 14.4. The fraction of sp³-hybridized carbons (Fsp3) is 0.419. The van der Waals surface area contributed by atoms with E-state index in [0.717, 1.165) is 16.5 Å². The van der Waals surface area contributed by atoms with Gasteiger partial charge < -0.3 is 46.2 Å². The van der Waals surface area contributed by atoms with Crippen molar-refractivity contribution in [1.29, 1.82) is 0 Å². The van der Waals surface area contributed by atoms with Crippen molar-refractivity contribution in [3.8, 4) is 5.75 Å². The first kappa shape index (κ1) is 43.7. The summed E-state index contributed by atoms with van der Waals surface area (Å²) in [6, 6.07) is 13.2. The zero-order valence-electron chi connectivity index (χ0n) is 34.2. The first-order chi connectivity index (χ1) is 28.1. The Morgan fingerprint density at radius 1 is 0.746 bits per heavy atom. The van der Waals surface area contributed by atoms with Gasteiger partial charge in [0.2, 0.25) is 35.1 Å². The van der Waals surface area contributed by atoms with Crippen LogP contribution in [0.15, 0.2) is 77.7 Å². The van der Waals surface area contributed by atoms with E-state index in [-0.39, 0.29) is 43.3 Å². The number of pyridine rings is 1. The van der Waals surface area contributed by atoms with Crippen LogP contribution < -0.4 is 36.9 Å². The van der Waals surface area contributed by atoms with E-state index in [1.54, 1.807) is 30.5 Å². The molecule has 1 aliphatic heterocycles. The van der Waals surface area contributed by atoms with Crippen LogP contribution in [0.2, 0.25) is 0 Å². The number of para-hydroxylation sites is 1. The van der Waals surface area contributed by atoms with Crippen molar-refractivity contribution in [3.63, 3.8) is 0 Å². The van der Waals surface area contributed by atoms with E-state index in [1.807, 2.05) is 52.0 Å². The highest BCUT2D eigenvalue weighted by atomic mass is 16.5. The maximum absolute atomic E-state index is 14.4. The Morgan fingerprint density at radius 2 is 1.41 bits per heavy atom. The number of ether oxygens (including phenoxy) is 1. The number of amides is 6. The quantitative estimate of drug-likeness (QED) is 0.132. The second kappa shape index (κ2) is 19.8. The molecule has 7 N–H and O–H groups in total. The number of aromatic nitrogens is 2. The third-order valence-electron chi connectivity index (χ3n) is 10.2. The van der Waals surface area contributed by atoms with Crippen molar-refractivity contribution >= 4 is 46.3 Å². The van der Waals surface area contributed by atoms with E-state index in [0.29, 0.717) is 11.3 Å². The van der Waals surface area contributed by atoms with Crippen LogP contribution in [0.4, 0.5) is 0 Å². The van der Waals surface area contributed by atoms with Gasteiger partial charge in [-0.15, -0.1) is 0 Å². The fourth-order valence-corrected chi connectivity index (χ4v) is 6.91. The molecule has 0 saturated carbocycles. The predicted octanol–water partition coefficient (Wildman–Crippen LogP) is 1.95. The molecule has 6 amide bonds. The van der Waals surface area contributed by atoms with E-state index in [4.69, 9.17) is 4.74 Å². The summed E-state index contributed by atoms with van der Waals surface area (Å²) < 4.78 is 5.28. The van der Waals surface area contributed by atoms with Gasteiger partial charge in [0.15, 0.2) is 0 Å². The summed E-state index contributed by atoms with van der Waals surface area (Å²) >= 11 is 0. The molecule has 0 radical (unpaired) electrons. The third-order valence-corrected chi connectivity index (χ3v) is 10.2. The molecule has 0 bridgehead atoms. The zero-order valence-corrected chi connectivity index (χ0v) is 34.2. The Hall–Kier alpha value is -6.45. The summed E-state index contributed by atoms with van der Waals surface area (Å²) in [5, 5.41) is 14.9. The predicted molar refractivity (Wildman–Crippen MR) is 221 cm³/mol. The van der Waals surface area contributed by atoms with Gasteiger partial charge in [0.1, 0.15) is 35.6 Å². The number of H-pyrrole nitrogens is 2. The number of fused-ring (bicyclic) bond motifs is 1. The molecule has 1 aliphatic rings. The van der Waals surface area contributed by atoms with Crippen LogP contribution in [-0.2, 0) is 36.8 Å². The molecule has 59 heavy (non-hydrogen) atoms. The summed E-state index contributed by atoms with van der Waals surface area (Å²) in [6.07, 6.45) is 2.00. The topological polar surface area (TPSA) is 224 Å². The van der Waals surface area contributed by atoms with Crippen molar-refractivity contribution < 1.29 is 33.5 Å². The van der Waals surface area contributed by atoms with Crippen molar-refractivity contribution in [3.05, 3.63) is 100 Å². The van der Waals surface area contributed by atoms with Crippen LogP contribution in [0, 0.1) is 11.8 Å². The van der Waals surface area contributed by atoms with Crippen LogP contribution in [0.25, 0.3) is 10.9 Å². The number of hydrogen-bond acceptors (Lipinski definition) is 8. The summed E-state index contributed by atoms with van der Waals surface area (Å²) in [5.74, 6) is -3.65. The molecule has 0 unspecified atom stereocenters. The van der Waals surface area contributed by atoms with E-state index in [9.17, 15) is 33.6 Å². The number of carbonyl (C=O) groups excluding carboxylic acids is 6. The minimum absolute atomic E-state index is 0.0165. The van der Waals surface area contributed by atoms with Crippen LogP contribution in [0.5, 0.6) is 5.75 Å². The minimum atomic E-state index is -1.23. The molecule has 314 valence electrons. The lowest BCUT2D eigenvalue weighted by Gasteiger charge is -2.32. The van der Waals surface area contributed by atoms with Crippen molar-refractivity contribution in [1.82, 2.24) is 41.5 Å². The van der Waals surface area contributed by atoms with Gasteiger partial charge in [-0.3, -0.25) is 33.6 Å². The Bertz CT molecular complexity index is 2200. The monoisotopic (exact) mass is 810 g/mol. The molecule has 5 atom stereocenters. The van der Waals surface area contributed by atoms with Gasteiger partial charge >= 0.3 is 0 Å². The lowest BCUT2D eigenvalue weighted by Crippen LogP contribution is -2.60. The maximum Gasteiger partial charge on any atom is 0.270 e. The molecule has 5 rings (SSSR count). The Kier molecular flexibility index (Phi) is 14.7. The largest absolute Gasteiger partial charge is 0.497 e. The second-order valence-corrected chi connectivity index (χ2v) is 15.7. The molecule has 0 spiro atoms. The van der Waals surface area contributed by atoms with Crippen LogP contribution in [0.3, 0.4) is 0 Å². The molecular weight excluding hydrogens is 757 g/mol. The molecular formula is C43H54N8O8. The van der Waals surface area contributed by atoms with Crippen LogP contribution in [0.1, 0.15) is 62.7 Å². The van der Waals surface area contributed by atoms with Gasteiger partial charge in [-0.2, -0.15) is 0 Å². The fourth-order valence-electron chi connectivity index (χ4n) is 6.91. The number of nitrogens with zero attached hydrogens (tertiary/aromatic N) is 1. The normalized spacial score (nSPS) is 21.5. The number of carbonyl (C=O) groups is 6. The van der Waals surface area contributed by atoms with E-state index < -0.39 is 77.8 Å². The van der Waals surface area contributed by atoms with Gasteiger partial charge in [-0.25, -0.2) is 0 Å². The Morgan fingerprint density at radius 3 is 2.08 bits per heavy atom. The van der Waals surface area contributed by atoms with E-state index >= 15 is 0 Å². The van der Waals surface area contributed by atoms with Crippen molar-refractivity contribution in [2.45, 2.75) is 84.1 Å². The molecule has 2 aromatic heterocycles. The third kappa shape index (κ3) is 11.8. The first-order valence-electron chi connectivity index (χ1n) is 19.8. The zero-order chi connectivity index (χ0) is 42.8. The molecule has 1 fully saturated rings. The average Bonchev–Trinajstić information content (AvgIpc) is 3.61. The molecule has 3 heterocycles. The number of rotatable bonds is 9. The van der Waals surface area contributed by atoms with Gasteiger partial charge in [0.05, 0.1) is 13.7 Å². The van der Waals surface area contributed by atoms with Crippen LogP contribution in [-0.4, -0.2) is 101 Å². The van der Waals surface area contributed by atoms with Crippen molar-refractivity contribution in [2.75, 3.05) is 20.2 Å². The van der Waals surface area contributed by atoms with Gasteiger partial charge in [-0.1, -0.05) is 64.1 Å². The number of aromatic amines is 2. The Labute approximate surface area is 342 Å². The Balaban J connectivity index is 1.56. The number of benzene rings is 2. The molecule has 2 aromatic carbocycles. The van der Waals surface area contributed by atoms with E-state index in [2.05, 4.69) is 36.6 Å². The second-order valence-electron chi connectivity index (χ2n) is 15.7. The molecule has 0 aliphatic carbocycles. The smallest absolute Gasteiger partial charge is 0.270 e. The van der Waals surface area contributed by atoms with Crippen molar-refractivity contribution in [2.24, 2.45) is 11.8 Å². The summed E-state index contributed by atoms with van der Waals surface area (Å²) in [6.45, 7) is 8.18. The number of nitrogens with one attached hydrogen (secondary N) is 7. The SMILES string of the molecule is COc1ccc(C[C@@H]2NC(=O)[C@H](CC(C)C)NC(=O)[C@@H](Cc3c[nH]c4ccccc34)NC(=O)CN(C(=O)c3cccc(=O)[nH]3)C[C@H](C(C)C)NC(=O)[C@@H](C)NC2=O)cc1. The van der Waals surface area contributed by atoms with E-state index in [1.165, 1.54) is 37.1 Å². The number of methoxy groups -OCH3 is 1. The summed E-state index contributed by atoms with van der Waals surface area (Å²) in [7, 11) is 1.53. The lowest BCUT2D eigenvalue weighted by atomic mass is 9.99. The summed E-state index contributed by atoms with van der Waals surface area (Å²) in [5.41, 5.74) is 1.62. The summed E-state index contributed by atoms with van der Waals surface area (Å²) in [4.78, 5) is 103. The first-order valence-corrected chi connectivity index (χ1v) is 19.8. The average molecular weight is 811 g/mol. The molecule has 16 heteroatoms. The highest BCUT2D eigenvalue weighted by Crippen LogP contribution is 2.20. The highest BCUT2D eigenvalue weighted by molar-refractivity contribution is 5.98. The van der Waals surface area contributed by atoms with Gasteiger partial charge in [-0.05, 0) is 60.6 Å². The standard InChI is InChI=1S/C43H54N8O8/c1-24(2)18-33-41(56)49-34(19-27-14-16-29(59-6)17-15-27)40(55)45-26(5)39(54)50-36(25(3)4)22-51(43(58)32-12-9-13-37(52)46-32)23-38(53)47-35(42(57)48-33)20-28-21-44-31-11-8-7-10-30(28)31/h7-17,21,24-26,33-36,44H,18-20,22-23H2,1-6H3,(H,45,55)(H,46,52)(H,47,53)(H,48,57)(H,49,56)(H,50,54)/t26-,33+,34+,35-,36-/m1/s1. The van der Waals surface area contributed by atoms with Crippen LogP contribution >= 0.6 is 0 Å². The molecule has 16 nitrogen and oxygen atoms in total. The highest BCUT2D eigenvalue weighted by Gasteiger charge is 2.34.